The predicted molar refractivity (Wildman–Crippen MR) is 48.1 cm³/mol. The number of ether oxygens (including phenoxy) is 1. The molecule has 0 N–H and O–H groups in total. The zero-order valence-corrected chi connectivity index (χ0v) is 10.1. The van der Waals surface area contributed by atoms with E-state index in [0.29, 0.717) is 5.56 Å². The van der Waals surface area contributed by atoms with E-state index in [4.69, 9.17) is 4.74 Å². The molecule has 0 atom stereocenters. The van der Waals surface area contributed by atoms with E-state index < -0.39 is 0 Å². The standard InChI is InChI=1S/C10H12NO2.HI/c1-3-7-13-10(12)9-5-4-6-11(2)8-9;/h3-6,8H,1,7H2,2H3;1H/q+1;/p-1. The fourth-order valence-electron chi connectivity index (χ4n) is 0.927. The molecule has 0 aliphatic rings. The van der Waals surface area contributed by atoms with Crippen LogP contribution in [-0.2, 0) is 11.8 Å². The number of hydrogen-bond donors (Lipinski definition) is 0. The van der Waals surface area contributed by atoms with Crippen LogP contribution in [0.4, 0.5) is 0 Å². The summed E-state index contributed by atoms with van der Waals surface area (Å²) in [7, 11) is 1.85. The first kappa shape index (κ1) is 13.1. The molecule has 0 amide bonds. The number of pyridine rings is 1. The number of halogens is 1. The predicted octanol–water partition coefficient (Wildman–Crippen LogP) is -2.14. The van der Waals surface area contributed by atoms with Crippen molar-refractivity contribution in [1.29, 1.82) is 0 Å². The maximum atomic E-state index is 11.3. The molecule has 0 aromatic carbocycles. The van der Waals surface area contributed by atoms with Gasteiger partial charge < -0.3 is 28.7 Å². The Hall–Kier alpha value is -0.910. The lowest BCUT2D eigenvalue weighted by Gasteiger charge is -1.99. The fourth-order valence-corrected chi connectivity index (χ4v) is 0.927. The molecule has 0 radical (unpaired) electrons. The van der Waals surface area contributed by atoms with Crippen LogP contribution in [0.3, 0.4) is 0 Å². The summed E-state index contributed by atoms with van der Waals surface area (Å²) in [5, 5.41) is 0. The van der Waals surface area contributed by atoms with Crippen LogP contribution in [0.25, 0.3) is 0 Å². The van der Waals surface area contributed by atoms with Gasteiger partial charge in [0, 0.05) is 6.07 Å². The van der Waals surface area contributed by atoms with Gasteiger partial charge in [-0.3, -0.25) is 0 Å². The molecule has 14 heavy (non-hydrogen) atoms. The van der Waals surface area contributed by atoms with Gasteiger partial charge in [0.25, 0.3) is 0 Å². The molecule has 3 nitrogen and oxygen atoms in total. The van der Waals surface area contributed by atoms with Crippen molar-refractivity contribution in [2.24, 2.45) is 7.05 Å². The summed E-state index contributed by atoms with van der Waals surface area (Å²) in [6.07, 6.45) is 5.11. The molecule has 0 fully saturated rings. The van der Waals surface area contributed by atoms with Crippen molar-refractivity contribution in [1.82, 2.24) is 0 Å². The average molecular weight is 305 g/mol. The first-order valence-electron chi connectivity index (χ1n) is 3.97. The lowest BCUT2D eigenvalue weighted by molar-refractivity contribution is -0.671. The molecule has 0 aliphatic heterocycles. The Balaban J connectivity index is 0.00000169. The summed E-state index contributed by atoms with van der Waals surface area (Å²) in [6, 6.07) is 3.51. The summed E-state index contributed by atoms with van der Waals surface area (Å²) in [5.41, 5.74) is 0.548. The highest BCUT2D eigenvalue weighted by molar-refractivity contribution is 5.88. The van der Waals surface area contributed by atoms with Gasteiger partial charge in [0.15, 0.2) is 12.4 Å². The summed E-state index contributed by atoms with van der Waals surface area (Å²) < 4.78 is 6.66. The van der Waals surface area contributed by atoms with Crippen molar-refractivity contribution >= 4 is 5.97 Å². The van der Waals surface area contributed by atoms with Crippen molar-refractivity contribution < 1.29 is 38.1 Å². The topological polar surface area (TPSA) is 30.2 Å². The Morgan fingerprint density at radius 1 is 1.71 bits per heavy atom. The molecule has 0 saturated heterocycles. The smallest absolute Gasteiger partial charge is 0.344 e. The second-order valence-corrected chi connectivity index (χ2v) is 2.65. The first-order chi connectivity index (χ1) is 6.24. The van der Waals surface area contributed by atoms with E-state index in [1.807, 2.05) is 13.2 Å². The SMILES string of the molecule is C=CCOC(=O)c1ccc[n+](C)c1.[I-]. The number of carbonyl (C=O) groups excluding carboxylic acids is 1. The largest absolute Gasteiger partial charge is 1.00 e. The van der Waals surface area contributed by atoms with E-state index in [2.05, 4.69) is 6.58 Å². The second kappa shape index (κ2) is 6.53. The minimum absolute atomic E-state index is 0. The Morgan fingerprint density at radius 2 is 2.43 bits per heavy atom. The van der Waals surface area contributed by atoms with Crippen molar-refractivity contribution in [2.75, 3.05) is 6.61 Å². The molecular formula is C10H12INO2. The molecule has 1 rings (SSSR count). The van der Waals surface area contributed by atoms with E-state index in [9.17, 15) is 4.79 Å². The van der Waals surface area contributed by atoms with Crippen LogP contribution in [0.1, 0.15) is 10.4 Å². The van der Waals surface area contributed by atoms with Crippen LogP contribution in [0.15, 0.2) is 37.2 Å². The highest BCUT2D eigenvalue weighted by atomic mass is 127. The number of rotatable bonds is 3. The number of aryl methyl sites for hydroxylation is 1. The Labute approximate surface area is 100 Å². The Kier molecular flexibility index (Phi) is 6.11. The van der Waals surface area contributed by atoms with Gasteiger partial charge in [-0.05, 0) is 6.07 Å². The quantitative estimate of drug-likeness (QED) is 0.276. The van der Waals surface area contributed by atoms with Crippen molar-refractivity contribution in [2.45, 2.75) is 0 Å². The Bertz CT molecular complexity index is 326. The van der Waals surface area contributed by atoms with Gasteiger partial charge in [-0.15, -0.1) is 0 Å². The third-order valence-electron chi connectivity index (χ3n) is 1.51. The zero-order chi connectivity index (χ0) is 9.68. The van der Waals surface area contributed by atoms with Crippen LogP contribution >= 0.6 is 0 Å². The third kappa shape index (κ3) is 3.87. The number of nitrogens with zero attached hydrogens (tertiary/aromatic N) is 1. The van der Waals surface area contributed by atoms with Gasteiger partial charge in [0.2, 0.25) is 0 Å². The molecule has 0 unspecified atom stereocenters. The minimum Gasteiger partial charge on any atom is -1.00 e. The van der Waals surface area contributed by atoms with E-state index in [-0.39, 0.29) is 36.6 Å². The summed E-state index contributed by atoms with van der Waals surface area (Å²) in [4.78, 5) is 11.3. The lowest BCUT2D eigenvalue weighted by atomic mass is 10.3. The highest BCUT2D eigenvalue weighted by Gasteiger charge is 2.08. The average Bonchev–Trinajstić information content (AvgIpc) is 2.14. The van der Waals surface area contributed by atoms with Crippen molar-refractivity contribution in [3.8, 4) is 0 Å². The van der Waals surface area contributed by atoms with E-state index in [0.717, 1.165) is 0 Å². The summed E-state index contributed by atoms with van der Waals surface area (Å²) >= 11 is 0. The van der Waals surface area contributed by atoms with Gasteiger partial charge in [-0.25, -0.2) is 9.36 Å². The number of hydrogen-bond acceptors (Lipinski definition) is 2. The monoisotopic (exact) mass is 305 g/mol. The van der Waals surface area contributed by atoms with Gasteiger partial charge >= 0.3 is 5.97 Å². The maximum Gasteiger partial charge on any atom is 0.344 e. The van der Waals surface area contributed by atoms with E-state index >= 15 is 0 Å². The molecule has 1 heterocycles. The maximum absolute atomic E-state index is 11.3. The summed E-state index contributed by atoms with van der Waals surface area (Å²) in [6.45, 7) is 3.71. The second-order valence-electron chi connectivity index (χ2n) is 2.65. The molecule has 0 aliphatic carbocycles. The number of esters is 1. The van der Waals surface area contributed by atoms with Crippen LogP contribution in [0.5, 0.6) is 0 Å². The molecule has 4 heteroatoms. The van der Waals surface area contributed by atoms with Gasteiger partial charge in [-0.1, -0.05) is 12.7 Å². The first-order valence-corrected chi connectivity index (χ1v) is 3.97. The minimum atomic E-state index is -0.323. The summed E-state index contributed by atoms with van der Waals surface area (Å²) in [5.74, 6) is -0.323. The number of carbonyl (C=O) groups is 1. The highest BCUT2D eigenvalue weighted by Crippen LogP contribution is 1.97. The van der Waals surface area contributed by atoms with Crippen LogP contribution in [0.2, 0.25) is 0 Å². The van der Waals surface area contributed by atoms with Crippen LogP contribution in [0, 0.1) is 0 Å². The van der Waals surface area contributed by atoms with Gasteiger partial charge in [0.05, 0.1) is 0 Å². The normalized spacial score (nSPS) is 8.64. The molecule has 0 spiro atoms. The Morgan fingerprint density at radius 3 is 3.00 bits per heavy atom. The molecular weight excluding hydrogens is 293 g/mol. The van der Waals surface area contributed by atoms with Crippen molar-refractivity contribution in [3.63, 3.8) is 0 Å². The fraction of sp³-hybridized carbons (Fsp3) is 0.200. The van der Waals surface area contributed by atoms with Crippen LogP contribution in [-0.4, -0.2) is 12.6 Å². The molecule has 0 bridgehead atoms. The van der Waals surface area contributed by atoms with Gasteiger partial charge in [-0.2, -0.15) is 0 Å². The molecule has 1 aromatic rings. The third-order valence-corrected chi connectivity index (χ3v) is 1.51. The molecule has 0 saturated carbocycles. The molecule has 76 valence electrons. The van der Waals surface area contributed by atoms with Crippen molar-refractivity contribution in [3.05, 3.63) is 42.7 Å². The zero-order valence-electron chi connectivity index (χ0n) is 7.94. The van der Waals surface area contributed by atoms with E-state index in [1.54, 1.807) is 29.0 Å². The van der Waals surface area contributed by atoms with E-state index in [1.165, 1.54) is 0 Å². The number of aromatic nitrogens is 1. The van der Waals surface area contributed by atoms with Crippen LogP contribution < -0.4 is 28.5 Å². The lowest BCUT2D eigenvalue weighted by Crippen LogP contribution is -3.00. The van der Waals surface area contributed by atoms with Gasteiger partial charge in [0.1, 0.15) is 19.2 Å². The molecule has 1 aromatic heterocycles.